The van der Waals surface area contributed by atoms with Gasteiger partial charge in [-0.15, -0.1) is 10.2 Å². The molecule has 1 heterocycles. The summed E-state index contributed by atoms with van der Waals surface area (Å²) in [5.74, 6) is 2.61. The normalized spacial score (nSPS) is 10.8. The number of carbonyl (C=O) groups is 1. The molecule has 1 aromatic heterocycles. The highest BCUT2D eigenvalue weighted by atomic mass is 79.9. The molecule has 3 aromatic rings. The Morgan fingerprint density at radius 1 is 1.11 bits per heavy atom. The lowest BCUT2D eigenvalue weighted by atomic mass is 10.1. The van der Waals surface area contributed by atoms with Gasteiger partial charge in [0.05, 0.1) is 7.11 Å². The van der Waals surface area contributed by atoms with Crippen molar-refractivity contribution in [3.63, 3.8) is 0 Å². The van der Waals surface area contributed by atoms with Crippen LogP contribution in [0.3, 0.4) is 0 Å². The molecule has 0 spiro atoms. The number of rotatable bonds is 8. The number of methoxy groups -OCH3 is 1. The van der Waals surface area contributed by atoms with Crippen molar-refractivity contribution in [2.45, 2.75) is 18.0 Å². The third kappa shape index (κ3) is 4.99. The smallest absolute Gasteiger partial charge is 0.191 e. The summed E-state index contributed by atoms with van der Waals surface area (Å²) >= 11 is 5.00. The van der Waals surface area contributed by atoms with E-state index in [2.05, 4.69) is 26.1 Å². The van der Waals surface area contributed by atoms with Gasteiger partial charge in [-0.2, -0.15) is 0 Å². The van der Waals surface area contributed by atoms with E-state index >= 15 is 0 Å². The number of hydrogen-bond donors (Lipinski definition) is 0. The molecule has 0 aliphatic carbocycles. The summed E-state index contributed by atoms with van der Waals surface area (Å²) in [7, 11) is 3.60. The Kier molecular flexibility index (Phi) is 6.68. The van der Waals surface area contributed by atoms with Crippen LogP contribution in [0.1, 0.15) is 23.2 Å². The fourth-order valence-corrected chi connectivity index (χ4v) is 3.72. The van der Waals surface area contributed by atoms with Gasteiger partial charge < -0.3 is 9.30 Å². The van der Waals surface area contributed by atoms with Crippen LogP contribution in [-0.2, 0) is 7.05 Å². The lowest BCUT2D eigenvalue weighted by Crippen LogP contribution is -2.00. The predicted octanol–water partition coefficient (Wildman–Crippen LogP) is 5.01. The standard InChI is InChI=1S/C20H20BrN3O2S/c1-24-19(15-7-11-17(26-2)12-8-15)22-23-20(24)27-13-3-4-18(25)14-5-9-16(21)10-6-14/h5-12H,3-4,13H2,1-2H3. The fourth-order valence-electron chi connectivity index (χ4n) is 2.61. The molecule has 27 heavy (non-hydrogen) atoms. The van der Waals surface area contributed by atoms with Crippen molar-refractivity contribution in [1.82, 2.24) is 14.8 Å². The fraction of sp³-hybridized carbons (Fsp3) is 0.250. The third-order valence-corrected chi connectivity index (χ3v) is 5.76. The van der Waals surface area contributed by atoms with Gasteiger partial charge in [0.25, 0.3) is 0 Å². The summed E-state index contributed by atoms with van der Waals surface area (Å²) in [5.41, 5.74) is 1.74. The van der Waals surface area contributed by atoms with E-state index in [0.29, 0.717) is 6.42 Å². The molecule has 3 rings (SSSR count). The number of nitrogens with zero attached hydrogens (tertiary/aromatic N) is 3. The van der Waals surface area contributed by atoms with E-state index in [1.54, 1.807) is 18.9 Å². The molecule has 0 unspecified atom stereocenters. The van der Waals surface area contributed by atoms with Crippen molar-refractivity contribution in [3.8, 4) is 17.1 Å². The third-order valence-electron chi connectivity index (χ3n) is 4.13. The molecule has 0 N–H and O–H groups in total. The van der Waals surface area contributed by atoms with Gasteiger partial charge in [-0.3, -0.25) is 4.79 Å². The Morgan fingerprint density at radius 2 is 1.81 bits per heavy atom. The zero-order valence-electron chi connectivity index (χ0n) is 15.2. The van der Waals surface area contributed by atoms with Crippen LogP contribution < -0.4 is 4.74 Å². The van der Waals surface area contributed by atoms with E-state index in [4.69, 9.17) is 4.74 Å². The SMILES string of the molecule is COc1ccc(-c2nnc(SCCCC(=O)c3ccc(Br)cc3)n2C)cc1. The van der Waals surface area contributed by atoms with Crippen LogP contribution in [0.25, 0.3) is 11.4 Å². The molecule has 0 bridgehead atoms. The van der Waals surface area contributed by atoms with E-state index in [-0.39, 0.29) is 5.78 Å². The Bertz CT molecular complexity index is 908. The molecule has 0 fully saturated rings. The van der Waals surface area contributed by atoms with Gasteiger partial charge in [-0.1, -0.05) is 39.8 Å². The predicted molar refractivity (Wildman–Crippen MR) is 111 cm³/mol. The zero-order chi connectivity index (χ0) is 19.2. The van der Waals surface area contributed by atoms with Crippen LogP contribution in [0.4, 0.5) is 0 Å². The maximum atomic E-state index is 12.2. The Balaban J connectivity index is 1.53. The second-order valence-electron chi connectivity index (χ2n) is 5.98. The Labute approximate surface area is 171 Å². The number of benzene rings is 2. The van der Waals surface area contributed by atoms with Gasteiger partial charge in [-0.05, 0) is 42.8 Å². The average Bonchev–Trinajstić information content (AvgIpc) is 3.06. The highest BCUT2D eigenvalue weighted by Crippen LogP contribution is 2.25. The van der Waals surface area contributed by atoms with Crippen molar-refractivity contribution in [1.29, 1.82) is 0 Å². The summed E-state index contributed by atoms with van der Waals surface area (Å²) in [6.45, 7) is 0. The average molecular weight is 446 g/mol. The molecule has 0 aliphatic heterocycles. The van der Waals surface area contributed by atoms with Crippen LogP contribution in [0.2, 0.25) is 0 Å². The van der Waals surface area contributed by atoms with Crippen molar-refractivity contribution < 1.29 is 9.53 Å². The van der Waals surface area contributed by atoms with Gasteiger partial charge in [-0.25, -0.2) is 0 Å². The summed E-state index contributed by atoms with van der Waals surface area (Å²) < 4.78 is 8.14. The van der Waals surface area contributed by atoms with Crippen molar-refractivity contribution in [2.75, 3.05) is 12.9 Å². The first kappa shape index (κ1) is 19.6. The van der Waals surface area contributed by atoms with Crippen molar-refractivity contribution in [3.05, 3.63) is 58.6 Å². The highest BCUT2D eigenvalue weighted by Gasteiger charge is 2.12. The molecule has 0 saturated carbocycles. The number of halogens is 1. The van der Waals surface area contributed by atoms with Gasteiger partial charge in [0.1, 0.15) is 5.75 Å². The lowest BCUT2D eigenvalue weighted by Gasteiger charge is -2.05. The molecular weight excluding hydrogens is 426 g/mol. The molecule has 0 radical (unpaired) electrons. The maximum absolute atomic E-state index is 12.2. The molecule has 0 aliphatic rings. The molecule has 7 heteroatoms. The second kappa shape index (κ2) is 9.19. The lowest BCUT2D eigenvalue weighted by molar-refractivity contribution is 0.0982. The maximum Gasteiger partial charge on any atom is 0.191 e. The van der Waals surface area contributed by atoms with Crippen molar-refractivity contribution in [2.24, 2.45) is 7.05 Å². The Morgan fingerprint density at radius 3 is 2.48 bits per heavy atom. The zero-order valence-corrected chi connectivity index (χ0v) is 17.6. The minimum Gasteiger partial charge on any atom is -0.497 e. The number of ether oxygens (including phenoxy) is 1. The van der Waals surface area contributed by atoms with E-state index in [9.17, 15) is 4.79 Å². The number of carbonyl (C=O) groups excluding carboxylic acids is 1. The van der Waals surface area contributed by atoms with Crippen LogP contribution in [0.5, 0.6) is 5.75 Å². The van der Waals surface area contributed by atoms with Crippen LogP contribution in [0, 0.1) is 0 Å². The van der Waals surface area contributed by atoms with Gasteiger partial charge in [0.15, 0.2) is 16.8 Å². The van der Waals surface area contributed by atoms with E-state index in [0.717, 1.165) is 44.5 Å². The number of thioether (sulfide) groups is 1. The monoisotopic (exact) mass is 445 g/mol. The van der Waals surface area contributed by atoms with Gasteiger partial charge in [0, 0.05) is 34.8 Å². The van der Waals surface area contributed by atoms with E-state index in [1.807, 2.05) is 60.1 Å². The van der Waals surface area contributed by atoms with Gasteiger partial charge >= 0.3 is 0 Å². The molecule has 140 valence electrons. The summed E-state index contributed by atoms with van der Waals surface area (Å²) in [5, 5.41) is 9.41. The topological polar surface area (TPSA) is 57.0 Å². The first-order valence-corrected chi connectivity index (χ1v) is 10.3. The Hall–Kier alpha value is -2.12. The van der Waals surface area contributed by atoms with Crippen LogP contribution >= 0.6 is 27.7 Å². The summed E-state index contributed by atoms with van der Waals surface area (Å²) in [4.78, 5) is 12.2. The minimum atomic E-state index is 0.167. The summed E-state index contributed by atoms with van der Waals surface area (Å²) in [6, 6.07) is 15.2. The summed E-state index contributed by atoms with van der Waals surface area (Å²) in [6.07, 6.45) is 1.32. The van der Waals surface area contributed by atoms with Crippen LogP contribution in [-0.4, -0.2) is 33.4 Å². The van der Waals surface area contributed by atoms with Crippen LogP contribution in [0.15, 0.2) is 58.2 Å². The number of ketones is 1. The molecule has 0 amide bonds. The number of Topliss-reactive ketones (excluding diaryl/α,β-unsaturated/α-hetero) is 1. The first-order chi connectivity index (χ1) is 13.1. The molecule has 0 atom stereocenters. The minimum absolute atomic E-state index is 0.167. The number of hydrogen-bond acceptors (Lipinski definition) is 5. The molecule has 2 aromatic carbocycles. The number of aromatic nitrogens is 3. The van der Waals surface area contributed by atoms with Crippen molar-refractivity contribution >= 4 is 33.5 Å². The van der Waals surface area contributed by atoms with E-state index in [1.165, 1.54) is 0 Å². The quantitative estimate of drug-likeness (QED) is 0.277. The molecule has 5 nitrogen and oxygen atoms in total. The molecule has 0 saturated heterocycles. The van der Waals surface area contributed by atoms with Gasteiger partial charge in [0.2, 0.25) is 0 Å². The largest absolute Gasteiger partial charge is 0.497 e. The van der Waals surface area contributed by atoms with E-state index < -0.39 is 0 Å². The molecular formula is C20H20BrN3O2S. The first-order valence-electron chi connectivity index (χ1n) is 8.54. The second-order valence-corrected chi connectivity index (χ2v) is 7.95. The highest BCUT2D eigenvalue weighted by molar-refractivity contribution is 9.10.